The molecule has 4 N–H and O–H groups in total. The quantitative estimate of drug-likeness (QED) is 0.124. The van der Waals surface area contributed by atoms with E-state index in [1.165, 1.54) is 33.1 Å². The maximum atomic E-state index is 13.2. The highest BCUT2D eigenvalue weighted by Crippen LogP contribution is 2.41. The van der Waals surface area contributed by atoms with E-state index < -0.39 is 29.2 Å². The number of carboxylic acid groups (broad SMARTS) is 1. The number of hydrogen-bond donors (Lipinski definition) is 3. The number of tetrazole rings is 1. The monoisotopic (exact) mass is 563 g/mol. The Morgan fingerprint density at radius 3 is 2.92 bits per heavy atom. The largest absolute Gasteiger partial charge is 0.477 e. The minimum atomic E-state index is -1.21. The van der Waals surface area contributed by atoms with Gasteiger partial charge >= 0.3 is 5.97 Å². The molecule has 4 heterocycles. The van der Waals surface area contributed by atoms with Crippen LogP contribution >= 0.6 is 34.9 Å². The molecular weight excluding hydrogens is 542 g/mol. The molecule has 37 heavy (non-hydrogen) atoms. The van der Waals surface area contributed by atoms with Crippen LogP contribution in [0.4, 0.5) is 5.13 Å². The summed E-state index contributed by atoms with van der Waals surface area (Å²) in [5, 5.41) is 29.6. The summed E-state index contributed by atoms with van der Waals surface area (Å²) in [6.45, 7) is 0. The minimum absolute atomic E-state index is 0.0839. The zero-order valence-corrected chi connectivity index (χ0v) is 21.8. The fourth-order valence-corrected chi connectivity index (χ4v) is 6.80. The van der Waals surface area contributed by atoms with Crippen molar-refractivity contribution in [2.24, 2.45) is 12.2 Å². The first-order valence-corrected chi connectivity index (χ1v) is 13.9. The molecule has 1 aliphatic carbocycles. The zero-order chi connectivity index (χ0) is 26.1. The van der Waals surface area contributed by atoms with E-state index in [0.29, 0.717) is 22.2 Å². The van der Waals surface area contributed by atoms with Crippen molar-refractivity contribution in [1.29, 1.82) is 0 Å². The number of aromatic nitrogens is 5. The van der Waals surface area contributed by atoms with E-state index in [1.807, 2.05) is 12.2 Å². The molecule has 0 bridgehead atoms. The first-order chi connectivity index (χ1) is 17.8. The third-order valence-corrected chi connectivity index (χ3v) is 8.83. The van der Waals surface area contributed by atoms with E-state index >= 15 is 0 Å². The summed E-state index contributed by atoms with van der Waals surface area (Å²) in [6, 6.07) is -0.934. The third-order valence-electron chi connectivity index (χ3n) is 5.72. The Kier molecular flexibility index (Phi) is 7.16. The molecule has 5 rings (SSSR count). The molecule has 194 valence electrons. The summed E-state index contributed by atoms with van der Waals surface area (Å²) in [6.07, 6.45) is 5.16. The number of nitrogen functional groups attached to an aromatic ring is 1. The molecule has 17 heteroatoms. The lowest BCUT2D eigenvalue weighted by atomic mass is 10.0. The number of thioether (sulfide) groups is 2. The third kappa shape index (κ3) is 5.05. The number of nitrogens with zero attached hydrogens (tertiary/aromatic N) is 7. The Labute approximate surface area is 222 Å². The SMILES string of the molecule is Cn1nnnc1SCC1=C(C(=O)O)N2C(=O)C(NC(=O)C(=NOC3C=CCC3)c3csc(N)n3)[C@@H]2SC1. The molecule has 2 aliphatic heterocycles. The molecule has 0 aromatic carbocycles. The molecule has 2 aromatic heterocycles. The number of rotatable bonds is 9. The highest BCUT2D eigenvalue weighted by atomic mass is 32.2. The van der Waals surface area contributed by atoms with Crippen LogP contribution in [0.25, 0.3) is 0 Å². The average Bonchev–Trinajstić information content (AvgIpc) is 3.64. The molecule has 0 radical (unpaired) electrons. The topological polar surface area (TPSA) is 191 Å². The van der Waals surface area contributed by atoms with Crippen LogP contribution in [-0.4, -0.2) is 87.7 Å². The number of fused-ring (bicyclic) bond motifs is 1. The number of β-lactam (4-membered cyclic amide) rings is 1. The number of thiazole rings is 1. The van der Waals surface area contributed by atoms with E-state index in [2.05, 4.69) is 31.0 Å². The fourth-order valence-electron chi connectivity index (χ4n) is 3.91. The number of hydrogen-bond acceptors (Lipinski definition) is 13. The number of amides is 2. The van der Waals surface area contributed by atoms with Gasteiger partial charge in [-0.2, -0.15) is 0 Å². The van der Waals surface area contributed by atoms with Crippen molar-refractivity contribution in [2.45, 2.75) is 35.5 Å². The number of nitrogens with two attached hydrogens (primary N) is 1. The zero-order valence-electron chi connectivity index (χ0n) is 19.3. The Morgan fingerprint density at radius 1 is 1.43 bits per heavy atom. The van der Waals surface area contributed by atoms with Crippen LogP contribution in [0.1, 0.15) is 18.5 Å². The normalized spacial score (nSPS) is 23.2. The van der Waals surface area contributed by atoms with Crippen molar-refractivity contribution >= 4 is 63.5 Å². The number of carboxylic acids is 1. The molecular formula is C20H21N9O5S3. The maximum absolute atomic E-state index is 13.2. The summed E-state index contributed by atoms with van der Waals surface area (Å²) >= 11 is 3.78. The number of oxime groups is 1. The van der Waals surface area contributed by atoms with Crippen molar-refractivity contribution in [3.05, 3.63) is 34.5 Å². The summed E-state index contributed by atoms with van der Waals surface area (Å²) in [7, 11) is 1.68. The van der Waals surface area contributed by atoms with E-state index in [0.717, 1.165) is 24.2 Å². The fraction of sp³-hybridized carbons (Fsp3) is 0.400. The molecule has 0 spiro atoms. The first kappa shape index (κ1) is 25.2. The Hall–Kier alpha value is -3.44. The van der Waals surface area contributed by atoms with Gasteiger partial charge in [0.05, 0.1) is 0 Å². The van der Waals surface area contributed by atoms with Crippen molar-refractivity contribution in [2.75, 3.05) is 17.2 Å². The summed E-state index contributed by atoms with van der Waals surface area (Å²) in [4.78, 5) is 49.2. The molecule has 2 unspecified atom stereocenters. The Bertz CT molecular complexity index is 1340. The van der Waals surface area contributed by atoms with Gasteiger partial charge in [0.15, 0.2) is 10.8 Å². The summed E-state index contributed by atoms with van der Waals surface area (Å²) < 4.78 is 1.48. The van der Waals surface area contributed by atoms with E-state index in [-0.39, 0.29) is 28.3 Å². The van der Waals surface area contributed by atoms with Gasteiger partial charge in [-0.1, -0.05) is 23.0 Å². The van der Waals surface area contributed by atoms with Gasteiger partial charge in [0, 0.05) is 23.9 Å². The number of carbonyl (C=O) groups is 3. The highest BCUT2D eigenvalue weighted by molar-refractivity contribution is 8.01. The highest BCUT2D eigenvalue weighted by Gasteiger charge is 2.54. The summed E-state index contributed by atoms with van der Waals surface area (Å²) in [5.74, 6) is -1.74. The number of aryl methyl sites for hydroxylation is 1. The second-order valence-electron chi connectivity index (χ2n) is 8.15. The van der Waals surface area contributed by atoms with E-state index in [4.69, 9.17) is 10.6 Å². The minimum Gasteiger partial charge on any atom is -0.477 e. The number of carbonyl (C=O) groups excluding carboxylic acids is 2. The van der Waals surface area contributed by atoms with Gasteiger partial charge in [0.2, 0.25) is 5.16 Å². The van der Waals surface area contributed by atoms with Gasteiger partial charge in [-0.05, 0) is 34.9 Å². The molecule has 0 saturated carbocycles. The van der Waals surface area contributed by atoms with Crippen LogP contribution in [0.15, 0.2) is 39.1 Å². The lowest BCUT2D eigenvalue weighted by molar-refractivity contribution is -0.150. The first-order valence-electron chi connectivity index (χ1n) is 11.0. The molecule has 2 aromatic rings. The van der Waals surface area contributed by atoms with Crippen LogP contribution in [0.5, 0.6) is 0 Å². The number of allylic oxidation sites excluding steroid dienone is 1. The van der Waals surface area contributed by atoms with Gasteiger partial charge in [0.25, 0.3) is 11.8 Å². The van der Waals surface area contributed by atoms with Crippen molar-refractivity contribution in [3.8, 4) is 0 Å². The van der Waals surface area contributed by atoms with E-state index in [9.17, 15) is 19.5 Å². The number of anilines is 1. The van der Waals surface area contributed by atoms with Gasteiger partial charge in [-0.3, -0.25) is 14.5 Å². The smallest absolute Gasteiger partial charge is 0.352 e. The molecule has 3 aliphatic rings. The van der Waals surface area contributed by atoms with Crippen LogP contribution in [0.3, 0.4) is 0 Å². The van der Waals surface area contributed by atoms with Crippen molar-refractivity contribution < 1.29 is 24.3 Å². The van der Waals surface area contributed by atoms with Gasteiger partial charge in [-0.25, -0.2) is 14.5 Å². The summed E-state index contributed by atoms with van der Waals surface area (Å²) in [5.41, 5.74) is 6.34. The Morgan fingerprint density at radius 2 is 2.27 bits per heavy atom. The van der Waals surface area contributed by atoms with Gasteiger partial charge < -0.3 is 21.0 Å². The average molecular weight is 564 g/mol. The molecule has 14 nitrogen and oxygen atoms in total. The van der Waals surface area contributed by atoms with Crippen molar-refractivity contribution in [1.82, 2.24) is 35.4 Å². The second kappa shape index (κ2) is 10.5. The number of aliphatic carboxylic acids is 1. The van der Waals surface area contributed by atoms with Crippen molar-refractivity contribution in [3.63, 3.8) is 0 Å². The maximum Gasteiger partial charge on any atom is 0.352 e. The van der Waals surface area contributed by atoms with Crippen LogP contribution in [0.2, 0.25) is 0 Å². The predicted octanol–water partition coefficient (Wildman–Crippen LogP) is 0.219. The predicted molar refractivity (Wildman–Crippen MR) is 136 cm³/mol. The lowest BCUT2D eigenvalue weighted by Gasteiger charge is -2.49. The van der Waals surface area contributed by atoms with Gasteiger partial charge in [0.1, 0.15) is 28.9 Å². The Balaban J connectivity index is 1.31. The number of nitrogens with one attached hydrogen (secondary N) is 1. The van der Waals surface area contributed by atoms with Crippen LogP contribution in [0, 0.1) is 0 Å². The van der Waals surface area contributed by atoms with Gasteiger partial charge in [-0.15, -0.1) is 28.2 Å². The van der Waals surface area contributed by atoms with Crippen LogP contribution < -0.4 is 11.1 Å². The molecule has 3 atom stereocenters. The van der Waals surface area contributed by atoms with E-state index in [1.54, 1.807) is 12.4 Å². The lowest BCUT2D eigenvalue weighted by Crippen LogP contribution is -2.71. The standard InChI is InChI=1S/C20H21N9O5S3/c1-28-20(24-26-27-28)37-7-9-6-35-17-13(16(31)29(17)14(9)18(32)33)23-15(30)12(11-8-36-19(21)22-11)25-34-10-4-2-3-5-10/h2,4,8,10,13,17H,3,5-7H2,1H3,(H2,21,22)(H,23,30)(H,32,33)/t10?,13?,17-/m0/s1. The van der Waals surface area contributed by atoms with Crippen LogP contribution in [-0.2, 0) is 26.3 Å². The second-order valence-corrected chi connectivity index (χ2v) is 11.1. The molecule has 1 fully saturated rings. The molecule has 1 saturated heterocycles. The molecule has 2 amide bonds.